The van der Waals surface area contributed by atoms with E-state index >= 15 is 0 Å². The van der Waals surface area contributed by atoms with Crippen LogP contribution in [0, 0.1) is 6.92 Å². The van der Waals surface area contributed by atoms with E-state index in [0.717, 1.165) is 4.47 Å². The van der Waals surface area contributed by atoms with E-state index in [9.17, 15) is 14.7 Å². The van der Waals surface area contributed by atoms with Crippen molar-refractivity contribution in [2.24, 2.45) is 0 Å². The summed E-state index contributed by atoms with van der Waals surface area (Å²) in [6.07, 6.45) is 0. The number of aromatic amines is 1. The normalized spacial score (nSPS) is 10.3. The van der Waals surface area contributed by atoms with E-state index in [1.54, 1.807) is 18.2 Å². The van der Waals surface area contributed by atoms with Crippen LogP contribution in [0.2, 0.25) is 0 Å². The summed E-state index contributed by atoms with van der Waals surface area (Å²) in [7, 11) is 0. The van der Waals surface area contributed by atoms with Crippen molar-refractivity contribution in [3.8, 4) is 11.3 Å². The lowest BCUT2D eigenvalue weighted by Gasteiger charge is -2.07. The summed E-state index contributed by atoms with van der Waals surface area (Å²) in [5.41, 5.74) is 0.485. The number of hydrogen-bond acceptors (Lipinski definition) is 3. The van der Waals surface area contributed by atoms with E-state index in [2.05, 4.69) is 25.9 Å². The molecule has 0 aliphatic carbocycles. The first-order valence-corrected chi connectivity index (χ1v) is 5.88. The molecule has 2 N–H and O–H groups in total. The molecule has 0 amide bonds. The number of nitrogens with zero attached hydrogens (tertiary/aromatic N) is 1. The Labute approximate surface area is 111 Å². The average molecular weight is 309 g/mol. The van der Waals surface area contributed by atoms with Gasteiger partial charge >= 0.3 is 11.7 Å². The molecule has 0 aliphatic rings. The van der Waals surface area contributed by atoms with E-state index in [4.69, 9.17) is 0 Å². The molecule has 0 radical (unpaired) electrons. The number of aromatic carboxylic acids is 1. The van der Waals surface area contributed by atoms with Crippen molar-refractivity contribution in [2.75, 3.05) is 0 Å². The quantitative estimate of drug-likeness (QED) is 0.891. The van der Waals surface area contributed by atoms with Gasteiger partial charge < -0.3 is 10.1 Å². The maximum absolute atomic E-state index is 11.4. The lowest BCUT2D eigenvalue weighted by molar-refractivity contribution is 0.0696. The third-order valence-electron chi connectivity index (χ3n) is 2.43. The maximum atomic E-state index is 11.4. The minimum absolute atomic E-state index is 0.00713. The second kappa shape index (κ2) is 4.73. The molecule has 2 rings (SSSR count). The lowest BCUT2D eigenvalue weighted by atomic mass is 10.1. The van der Waals surface area contributed by atoms with E-state index in [1.807, 2.05) is 6.07 Å². The van der Waals surface area contributed by atoms with E-state index in [1.165, 1.54) is 6.92 Å². The molecule has 1 aromatic heterocycles. The van der Waals surface area contributed by atoms with Gasteiger partial charge in [0.15, 0.2) is 0 Å². The SMILES string of the molecule is Cc1[nH]c(=O)nc(-c2cccc(Br)c2)c1C(=O)O. The minimum atomic E-state index is -1.12. The molecule has 18 heavy (non-hydrogen) atoms. The molecule has 0 unspecified atom stereocenters. The zero-order chi connectivity index (χ0) is 13.3. The van der Waals surface area contributed by atoms with Crippen molar-refractivity contribution in [3.05, 3.63) is 50.5 Å². The average Bonchev–Trinajstić information content (AvgIpc) is 2.27. The molecule has 0 saturated carbocycles. The summed E-state index contributed by atoms with van der Waals surface area (Å²) >= 11 is 3.30. The molecule has 2 aromatic rings. The van der Waals surface area contributed by atoms with Gasteiger partial charge in [-0.25, -0.2) is 9.59 Å². The highest BCUT2D eigenvalue weighted by Crippen LogP contribution is 2.24. The van der Waals surface area contributed by atoms with Crippen molar-refractivity contribution in [1.29, 1.82) is 0 Å². The fraction of sp³-hybridized carbons (Fsp3) is 0.0833. The Morgan fingerprint density at radius 2 is 2.17 bits per heavy atom. The van der Waals surface area contributed by atoms with Crippen LogP contribution in [-0.2, 0) is 0 Å². The lowest BCUT2D eigenvalue weighted by Crippen LogP contribution is -2.18. The van der Waals surface area contributed by atoms with Gasteiger partial charge in [-0.05, 0) is 19.1 Å². The number of carboxylic acid groups (broad SMARTS) is 1. The van der Waals surface area contributed by atoms with Crippen molar-refractivity contribution in [1.82, 2.24) is 9.97 Å². The second-order valence-electron chi connectivity index (χ2n) is 3.71. The Bertz CT molecular complexity index is 679. The summed E-state index contributed by atoms with van der Waals surface area (Å²) in [5, 5.41) is 9.19. The number of H-pyrrole nitrogens is 1. The molecule has 0 spiro atoms. The molecular weight excluding hydrogens is 300 g/mol. The number of benzene rings is 1. The number of nitrogens with one attached hydrogen (secondary N) is 1. The van der Waals surface area contributed by atoms with Crippen LogP contribution >= 0.6 is 15.9 Å². The highest BCUT2D eigenvalue weighted by Gasteiger charge is 2.17. The Kier molecular flexibility index (Phi) is 3.29. The van der Waals surface area contributed by atoms with Gasteiger partial charge in [-0.2, -0.15) is 4.98 Å². The van der Waals surface area contributed by atoms with Crippen LogP contribution in [0.15, 0.2) is 33.5 Å². The van der Waals surface area contributed by atoms with Crippen LogP contribution in [0.5, 0.6) is 0 Å². The van der Waals surface area contributed by atoms with Crippen LogP contribution in [0.1, 0.15) is 16.1 Å². The van der Waals surface area contributed by atoms with Crippen molar-refractivity contribution in [3.63, 3.8) is 0 Å². The molecule has 0 aliphatic heterocycles. The zero-order valence-electron chi connectivity index (χ0n) is 9.40. The predicted octanol–water partition coefficient (Wildman–Crippen LogP) is 2.21. The molecule has 92 valence electrons. The van der Waals surface area contributed by atoms with Gasteiger partial charge in [0, 0.05) is 15.7 Å². The van der Waals surface area contributed by atoms with Crippen molar-refractivity contribution < 1.29 is 9.90 Å². The summed E-state index contributed by atoms with van der Waals surface area (Å²) in [6, 6.07) is 6.99. The zero-order valence-corrected chi connectivity index (χ0v) is 11.0. The van der Waals surface area contributed by atoms with E-state index in [0.29, 0.717) is 5.56 Å². The number of aromatic nitrogens is 2. The summed E-state index contributed by atoms with van der Waals surface area (Å²) in [4.78, 5) is 28.8. The Balaban J connectivity index is 2.77. The summed E-state index contributed by atoms with van der Waals surface area (Å²) < 4.78 is 0.788. The van der Waals surface area contributed by atoms with Gasteiger partial charge in [-0.3, -0.25) is 0 Å². The first kappa shape index (κ1) is 12.5. The number of halogens is 1. The molecule has 0 saturated heterocycles. The van der Waals surface area contributed by atoms with Crippen molar-refractivity contribution >= 4 is 21.9 Å². The van der Waals surface area contributed by atoms with Gasteiger partial charge in [-0.1, -0.05) is 28.1 Å². The number of rotatable bonds is 2. The molecule has 0 atom stereocenters. The summed E-state index contributed by atoms with van der Waals surface area (Å²) in [6.45, 7) is 1.54. The topological polar surface area (TPSA) is 83.0 Å². The van der Waals surface area contributed by atoms with E-state index in [-0.39, 0.29) is 17.0 Å². The number of hydrogen-bond donors (Lipinski definition) is 2. The Hall–Kier alpha value is -1.95. The first-order valence-electron chi connectivity index (χ1n) is 5.09. The fourth-order valence-corrected chi connectivity index (χ4v) is 2.09. The van der Waals surface area contributed by atoms with Gasteiger partial charge in [0.1, 0.15) is 5.56 Å². The minimum Gasteiger partial charge on any atom is -0.478 e. The monoisotopic (exact) mass is 308 g/mol. The number of carbonyl (C=O) groups is 1. The van der Waals surface area contributed by atoms with Crippen LogP contribution < -0.4 is 5.69 Å². The third-order valence-corrected chi connectivity index (χ3v) is 2.92. The molecule has 5 nitrogen and oxygen atoms in total. The first-order chi connectivity index (χ1) is 8.49. The number of aryl methyl sites for hydroxylation is 1. The van der Waals surface area contributed by atoms with Crippen LogP contribution in [0.25, 0.3) is 11.3 Å². The fourth-order valence-electron chi connectivity index (χ4n) is 1.69. The van der Waals surface area contributed by atoms with Crippen LogP contribution in [0.4, 0.5) is 0 Å². The largest absolute Gasteiger partial charge is 0.478 e. The molecular formula is C12H9BrN2O3. The van der Waals surface area contributed by atoms with Gasteiger partial charge in [-0.15, -0.1) is 0 Å². The van der Waals surface area contributed by atoms with Crippen molar-refractivity contribution in [2.45, 2.75) is 6.92 Å². The molecule has 0 fully saturated rings. The smallest absolute Gasteiger partial charge is 0.345 e. The molecule has 1 heterocycles. The highest BCUT2D eigenvalue weighted by atomic mass is 79.9. The van der Waals surface area contributed by atoms with Crippen LogP contribution in [0.3, 0.4) is 0 Å². The highest BCUT2D eigenvalue weighted by molar-refractivity contribution is 9.10. The molecule has 1 aromatic carbocycles. The molecule has 6 heteroatoms. The Morgan fingerprint density at radius 1 is 1.44 bits per heavy atom. The van der Waals surface area contributed by atoms with Gasteiger partial charge in [0.25, 0.3) is 0 Å². The maximum Gasteiger partial charge on any atom is 0.345 e. The number of carboxylic acids is 1. The molecule has 0 bridgehead atoms. The standard InChI is InChI=1S/C12H9BrN2O3/c1-6-9(11(16)17)10(15-12(18)14-6)7-3-2-4-8(13)5-7/h2-5H,1H3,(H,16,17)(H,14,15,18). The van der Waals surface area contributed by atoms with E-state index < -0.39 is 11.7 Å². The summed E-state index contributed by atoms with van der Waals surface area (Å²) in [5.74, 6) is -1.12. The third kappa shape index (κ3) is 2.33. The van der Waals surface area contributed by atoms with Gasteiger partial charge in [0.05, 0.1) is 5.69 Å². The Morgan fingerprint density at radius 3 is 2.78 bits per heavy atom. The van der Waals surface area contributed by atoms with Gasteiger partial charge in [0.2, 0.25) is 0 Å². The van der Waals surface area contributed by atoms with Crippen LogP contribution in [-0.4, -0.2) is 21.0 Å². The second-order valence-corrected chi connectivity index (χ2v) is 4.62. The predicted molar refractivity (Wildman–Crippen MR) is 69.7 cm³/mol.